The number of rotatable bonds is 8. The van der Waals surface area contributed by atoms with E-state index in [4.69, 9.17) is 4.42 Å². The number of furan rings is 1. The van der Waals surface area contributed by atoms with Crippen molar-refractivity contribution in [2.75, 3.05) is 6.54 Å². The highest BCUT2D eigenvalue weighted by atomic mass is 16.3. The van der Waals surface area contributed by atoms with Crippen molar-refractivity contribution >= 4 is 11.8 Å². The number of carbonyl (C=O) groups excluding carboxylic acids is 2. The second-order valence-corrected chi connectivity index (χ2v) is 5.17. The Morgan fingerprint density at radius 3 is 2.60 bits per heavy atom. The van der Waals surface area contributed by atoms with Crippen molar-refractivity contribution < 1.29 is 14.0 Å². The van der Waals surface area contributed by atoms with E-state index in [9.17, 15) is 9.59 Å². The van der Waals surface area contributed by atoms with Crippen molar-refractivity contribution in [1.82, 2.24) is 10.6 Å². The SMILES string of the molecule is CCCCCNC(=O)C(NC(=O)c1ccco1)C(C)C. The van der Waals surface area contributed by atoms with E-state index in [1.54, 1.807) is 12.1 Å². The smallest absolute Gasteiger partial charge is 0.287 e. The van der Waals surface area contributed by atoms with E-state index in [1.165, 1.54) is 6.26 Å². The molecule has 1 aromatic heterocycles. The van der Waals surface area contributed by atoms with Gasteiger partial charge in [-0.2, -0.15) is 0 Å². The number of hydrogen-bond acceptors (Lipinski definition) is 3. The molecule has 20 heavy (non-hydrogen) atoms. The minimum Gasteiger partial charge on any atom is -0.459 e. The van der Waals surface area contributed by atoms with Gasteiger partial charge in [0, 0.05) is 6.54 Å². The molecule has 1 unspecified atom stereocenters. The molecule has 1 atom stereocenters. The van der Waals surface area contributed by atoms with E-state index in [0.29, 0.717) is 6.54 Å². The van der Waals surface area contributed by atoms with Crippen molar-refractivity contribution in [1.29, 1.82) is 0 Å². The lowest BCUT2D eigenvalue weighted by molar-refractivity contribution is -0.123. The Labute approximate surface area is 120 Å². The summed E-state index contributed by atoms with van der Waals surface area (Å²) >= 11 is 0. The molecule has 2 N–H and O–H groups in total. The zero-order valence-corrected chi connectivity index (χ0v) is 12.4. The van der Waals surface area contributed by atoms with Crippen LogP contribution in [0.3, 0.4) is 0 Å². The quantitative estimate of drug-likeness (QED) is 0.718. The van der Waals surface area contributed by atoms with Crippen LogP contribution in [0.5, 0.6) is 0 Å². The lowest BCUT2D eigenvalue weighted by Gasteiger charge is -2.21. The van der Waals surface area contributed by atoms with Gasteiger partial charge in [-0.15, -0.1) is 0 Å². The van der Waals surface area contributed by atoms with E-state index in [1.807, 2.05) is 13.8 Å². The van der Waals surface area contributed by atoms with E-state index >= 15 is 0 Å². The van der Waals surface area contributed by atoms with Crippen molar-refractivity contribution in [2.24, 2.45) is 5.92 Å². The topological polar surface area (TPSA) is 71.3 Å². The van der Waals surface area contributed by atoms with Gasteiger partial charge in [-0.3, -0.25) is 9.59 Å². The van der Waals surface area contributed by atoms with Crippen molar-refractivity contribution in [3.8, 4) is 0 Å². The van der Waals surface area contributed by atoms with Crippen LogP contribution in [0, 0.1) is 5.92 Å². The molecule has 5 heteroatoms. The zero-order chi connectivity index (χ0) is 15.0. The monoisotopic (exact) mass is 280 g/mol. The van der Waals surface area contributed by atoms with Gasteiger partial charge in [0.05, 0.1) is 6.26 Å². The second-order valence-electron chi connectivity index (χ2n) is 5.17. The first-order valence-corrected chi connectivity index (χ1v) is 7.18. The number of carbonyl (C=O) groups is 2. The third-order valence-corrected chi connectivity index (χ3v) is 3.06. The molecule has 0 spiro atoms. The highest BCUT2D eigenvalue weighted by Crippen LogP contribution is 2.06. The van der Waals surface area contributed by atoms with Crippen LogP contribution in [-0.2, 0) is 4.79 Å². The maximum absolute atomic E-state index is 12.1. The average Bonchev–Trinajstić information content (AvgIpc) is 2.94. The molecule has 0 aliphatic carbocycles. The predicted molar refractivity (Wildman–Crippen MR) is 77.3 cm³/mol. The Bertz CT molecular complexity index is 413. The maximum atomic E-state index is 12.1. The van der Waals surface area contributed by atoms with Crippen molar-refractivity contribution in [2.45, 2.75) is 46.1 Å². The summed E-state index contributed by atoms with van der Waals surface area (Å²) in [7, 11) is 0. The summed E-state index contributed by atoms with van der Waals surface area (Å²) in [6.45, 7) is 6.56. The van der Waals surface area contributed by atoms with Gasteiger partial charge >= 0.3 is 0 Å². The standard InChI is InChI=1S/C15H24N2O3/c1-4-5-6-9-16-15(19)13(11(2)3)17-14(18)12-8-7-10-20-12/h7-8,10-11,13H,4-6,9H2,1-3H3,(H,16,19)(H,17,18). The first kappa shape index (κ1) is 16.3. The van der Waals surface area contributed by atoms with Gasteiger partial charge in [0.1, 0.15) is 6.04 Å². The molecule has 0 fully saturated rings. The summed E-state index contributed by atoms with van der Waals surface area (Å²) in [6, 6.07) is 2.67. The lowest BCUT2D eigenvalue weighted by atomic mass is 10.0. The van der Waals surface area contributed by atoms with Gasteiger partial charge in [-0.25, -0.2) is 0 Å². The fourth-order valence-corrected chi connectivity index (χ4v) is 1.85. The highest BCUT2D eigenvalue weighted by molar-refractivity contribution is 5.95. The molecule has 1 aromatic rings. The Balaban J connectivity index is 2.51. The highest BCUT2D eigenvalue weighted by Gasteiger charge is 2.25. The molecule has 0 saturated carbocycles. The van der Waals surface area contributed by atoms with Crippen LogP contribution in [0.1, 0.15) is 50.6 Å². The van der Waals surface area contributed by atoms with Gasteiger partial charge < -0.3 is 15.1 Å². The summed E-state index contributed by atoms with van der Waals surface area (Å²) in [5.41, 5.74) is 0. The first-order valence-electron chi connectivity index (χ1n) is 7.18. The first-order chi connectivity index (χ1) is 9.56. The fourth-order valence-electron chi connectivity index (χ4n) is 1.85. The number of amides is 2. The molecule has 1 rings (SSSR count). The number of hydrogen-bond donors (Lipinski definition) is 2. The minimum absolute atomic E-state index is 0.0140. The van der Waals surface area contributed by atoms with E-state index in [0.717, 1.165) is 19.3 Å². The zero-order valence-electron chi connectivity index (χ0n) is 12.4. The molecule has 5 nitrogen and oxygen atoms in total. The van der Waals surface area contributed by atoms with E-state index < -0.39 is 6.04 Å². The van der Waals surface area contributed by atoms with Crippen LogP contribution in [0.25, 0.3) is 0 Å². The average molecular weight is 280 g/mol. The Kier molecular flexibility index (Phi) is 6.84. The van der Waals surface area contributed by atoms with Gasteiger partial charge in [0.25, 0.3) is 5.91 Å². The Morgan fingerprint density at radius 2 is 2.05 bits per heavy atom. The largest absolute Gasteiger partial charge is 0.459 e. The summed E-state index contributed by atoms with van der Waals surface area (Å²) in [5, 5.41) is 5.58. The molecule has 0 saturated heterocycles. The summed E-state index contributed by atoms with van der Waals surface area (Å²) in [4.78, 5) is 24.0. The summed E-state index contributed by atoms with van der Waals surface area (Å²) in [6.07, 6.45) is 4.59. The van der Waals surface area contributed by atoms with Gasteiger partial charge in [0.15, 0.2) is 5.76 Å². The molecule has 0 aliphatic heterocycles. The minimum atomic E-state index is -0.547. The van der Waals surface area contributed by atoms with Crippen molar-refractivity contribution in [3.05, 3.63) is 24.2 Å². The maximum Gasteiger partial charge on any atom is 0.287 e. The molecular weight excluding hydrogens is 256 g/mol. The van der Waals surface area contributed by atoms with Gasteiger partial charge in [0.2, 0.25) is 5.91 Å². The van der Waals surface area contributed by atoms with Gasteiger partial charge in [-0.05, 0) is 24.5 Å². The van der Waals surface area contributed by atoms with Gasteiger partial charge in [-0.1, -0.05) is 33.6 Å². The molecule has 0 radical (unpaired) electrons. The summed E-state index contributed by atoms with van der Waals surface area (Å²) in [5.74, 6) is -0.275. The molecule has 2 amide bonds. The van der Waals surface area contributed by atoms with Crippen LogP contribution in [0.4, 0.5) is 0 Å². The lowest BCUT2D eigenvalue weighted by Crippen LogP contribution is -2.49. The number of unbranched alkanes of at least 4 members (excludes halogenated alkanes) is 2. The molecular formula is C15H24N2O3. The molecule has 1 heterocycles. The second kappa shape index (κ2) is 8.40. The van der Waals surface area contributed by atoms with Crippen LogP contribution < -0.4 is 10.6 Å². The molecule has 0 aliphatic rings. The van der Waals surface area contributed by atoms with Crippen LogP contribution in [-0.4, -0.2) is 24.4 Å². The molecule has 0 aromatic carbocycles. The number of nitrogens with one attached hydrogen (secondary N) is 2. The third kappa shape index (κ3) is 5.07. The van der Waals surface area contributed by atoms with E-state index in [-0.39, 0.29) is 23.5 Å². The van der Waals surface area contributed by atoms with Crippen LogP contribution in [0.2, 0.25) is 0 Å². The normalized spacial score (nSPS) is 12.2. The van der Waals surface area contributed by atoms with E-state index in [2.05, 4.69) is 17.6 Å². The molecule has 112 valence electrons. The molecule has 0 bridgehead atoms. The fraction of sp³-hybridized carbons (Fsp3) is 0.600. The van der Waals surface area contributed by atoms with Crippen molar-refractivity contribution in [3.63, 3.8) is 0 Å². The third-order valence-electron chi connectivity index (χ3n) is 3.06. The van der Waals surface area contributed by atoms with Crippen LogP contribution >= 0.6 is 0 Å². The Morgan fingerprint density at radius 1 is 1.30 bits per heavy atom. The Hall–Kier alpha value is -1.78. The van der Waals surface area contributed by atoms with Crippen LogP contribution in [0.15, 0.2) is 22.8 Å². The summed E-state index contributed by atoms with van der Waals surface area (Å²) < 4.78 is 5.02. The predicted octanol–water partition coefficient (Wildman–Crippen LogP) is 2.34.